The van der Waals surface area contributed by atoms with Crippen molar-refractivity contribution in [1.82, 2.24) is 4.98 Å². The minimum absolute atomic E-state index is 0.431. The van der Waals surface area contributed by atoms with Gasteiger partial charge in [-0.2, -0.15) is 0 Å². The Morgan fingerprint density at radius 1 is 1.06 bits per heavy atom. The summed E-state index contributed by atoms with van der Waals surface area (Å²) in [7, 11) is 0. The molecule has 0 amide bonds. The van der Waals surface area contributed by atoms with E-state index in [4.69, 9.17) is 2.74 Å². The van der Waals surface area contributed by atoms with Gasteiger partial charge in [0.1, 0.15) is 0 Å². The minimum atomic E-state index is -1.35. The van der Waals surface area contributed by atoms with Crippen molar-refractivity contribution in [2.75, 3.05) is 0 Å². The van der Waals surface area contributed by atoms with Gasteiger partial charge in [0.2, 0.25) is 0 Å². The van der Waals surface area contributed by atoms with Gasteiger partial charge in [0, 0.05) is 14.5 Å². The van der Waals surface area contributed by atoms with Crippen LogP contribution in [0.5, 0.6) is 0 Å². The van der Waals surface area contributed by atoms with E-state index >= 15 is 0 Å². The maximum Gasteiger partial charge on any atom is 0.0701 e. The normalized spacial score (nSPS) is 14.1. The molecule has 88 valence electrons. The van der Waals surface area contributed by atoms with Gasteiger partial charge in [-0.05, 0) is 29.5 Å². The summed E-state index contributed by atoms with van der Waals surface area (Å²) in [6.45, 7) is 5.75. The lowest BCUT2D eigenvalue weighted by Crippen LogP contribution is -2.08. The third kappa shape index (κ3) is 3.42. The molecular formula is C16H19N. The van der Waals surface area contributed by atoms with Crippen molar-refractivity contribution < 1.29 is 2.74 Å². The molecule has 0 atom stereocenters. The zero-order valence-electron chi connectivity index (χ0n) is 12.6. The molecule has 1 aromatic heterocycles. The van der Waals surface area contributed by atoms with Gasteiger partial charge in [-0.25, -0.2) is 0 Å². The second-order valence-electron chi connectivity index (χ2n) is 5.17. The fourth-order valence-electron chi connectivity index (χ4n) is 1.69. The maximum absolute atomic E-state index is 8.24. The summed E-state index contributed by atoms with van der Waals surface area (Å²) in [5, 5.41) is 0. The van der Waals surface area contributed by atoms with Crippen molar-refractivity contribution in [3.05, 3.63) is 54.2 Å². The standard InChI is InChI=1S/C16H19N/c1-16(2,3)12-13-7-9-14(10-8-13)15-6-4-5-11-17-15/h4-11H,12H2,1-3H3/i12D2. The van der Waals surface area contributed by atoms with Crippen LogP contribution in [0, 0.1) is 5.41 Å². The number of aromatic nitrogens is 1. The molecule has 0 aliphatic heterocycles. The van der Waals surface area contributed by atoms with E-state index in [2.05, 4.69) is 4.98 Å². The Labute approximate surface area is 106 Å². The van der Waals surface area contributed by atoms with E-state index in [0.717, 1.165) is 11.3 Å². The first-order chi connectivity index (χ1) is 8.82. The largest absolute Gasteiger partial charge is 0.256 e. The predicted molar refractivity (Wildman–Crippen MR) is 72.8 cm³/mol. The Hall–Kier alpha value is -1.63. The van der Waals surface area contributed by atoms with Gasteiger partial charge < -0.3 is 0 Å². The van der Waals surface area contributed by atoms with E-state index < -0.39 is 11.8 Å². The Bertz CT molecular complexity index is 539. The van der Waals surface area contributed by atoms with E-state index in [1.807, 2.05) is 63.2 Å². The van der Waals surface area contributed by atoms with Crippen LogP contribution in [0.2, 0.25) is 0 Å². The van der Waals surface area contributed by atoms with Crippen molar-refractivity contribution in [3.63, 3.8) is 0 Å². The summed E-state index contributed by atoms with van der Waals surface area (Å²) in [5.41, 5.74) is 2.19. The summed E-state index contributed by atoms with van der Waals surface area (Å²) in [5.74, 6) is 0. The predicted octanol–water partition coefficient (Wildman–Crippen LogP) is 4.34. The fourth-order valence-corrected chi connectivity index (χ4v) is 1.69. The third-order valence-electron chi connectivity index (χ3n) is 2.36. The van der Waals surface area contributed by atoms with E-state index in [-0.39, 0.29) is 0 Å². The highest BCUT2D eigenvalue weighted by Gasteiger charge is 2.11. The average Bonchev–Trinajstić information content (AvgIpc) is 2.39. The lowest BCUT2D eigenvalue weighted by Gasteiger charge is -2.18. The molecule has 0 unspecified atom stereocenters. The van der Waals surface area contributed by atoms with Crippen LogP contribution in [-0.4, -0.2) is 4.98 Å². The lowest BCUT2D eigenvalue weighted by atomic mass is 9.88. The molecule has 0 fully saturated rings. The summed E-state index contributed by atoms with van der Waals surface area (Å²) < 4.78 is 16.5. The zero-order valence-corrected chi connectivity index (χ0v) is 10.6. The fraction of sp³-hybridized carbons (Fsp3) is 0.312. The first-order valence-electron chi connectivity index (χ1n) is 6.84. The molecule has 0 saturated carbocycles. The SMILES string of the molecule is [2H]C([2H])(c1ccc(-c2ccccn2)cc1)C(C)(C)C. The van der Waals surface area contributed by atoms with Crippen molar-refractivity contribution >= 4 is 0 Å². The van der Waals surface area contributed by atoms with Crippen molar-refractivity contribution in [2.45, 2.75) is 27.1 Å². The van der Waals surface area contributed by atoms with Gasteiger partial charge in [-0.3, -0.25) is 4.98 Å². The van der Waals surface area contributed by atoms with Gasteiger partial charge in [0.15, 0.2) is 0 Å². The van der Waals surface area contributed by atoms with Crippen LogP contribution < -0.4 is 0 Å². The molecule has 1 nitrogen and oxygen atoms in total. The van der Waals surface area contributed by atoms with Gasteiger partial charge >= 0.3 is 0 Å². The van der Waals surface area contributed by atoms with E-state index in [9.17, 15) is 0 Å². The molecular weight excluding hydrogens is 206 g/mol. The molecule has 0 radical (unpaired) electrons. The molecule has 0 N–H and O–H groups in total. The molecule has 17 heavy (non-hydrogen) atoms. The topological polar surface area (TPSA) is 12.9 Å². The summed E-state index contributed by atoms with van der Waals surface area (Å²) >= 11 is 0. The molecule has 1 heterocycles. The quantitative estimate of drug-likeness (QED) is 0.743. The van der Waals surface area contributed by atoms with Crippen LogP contribution in [0.1, 0.15) is 29.1 Å². The van der Waals surface area contributed by atoms with Crippen LogP contribution in [-0.2, 0) is 6.37 Å². The first-order valence-corrected chi connectivity index (χ1v) is 5.84. The zero-order chi connectivity index (χ0) is 14.1. The number of nitrogens with zero attached hydrogens (tertiary/aromatic N) is 1. The van der Waals surface area contributed by atoms with Crippen molar-refractivity contribution in [2.24, 2.45) is 5.41 Å². The summed E-state index contributed by atoms with van der Waals surface area (Å²) in [6.07, 6.45) is 0.410. The van der Waals surface area contributed by atoms with Crippen LogP contribution >= 0.6 is 0 Å². The van der Waals surface area contributed by atoms with Crippen molar-refractivity contribution in [3.8, 4) is 11.3 Å². The molecule has 2 rings (SSSR count). The molecule has 0 bridgehead atoms. The molecule has 0 aliphatic carbocycles. The number of benzene rings is 1. The van der Waals surface area contributed by atoms with Gasteiger partial charge in [0.25, 0.3) is 0 Å². The molecule has 1 aromatic carbocycles. The van der Waals surface area contributed by atoms with Gasteiger partial charge in [0.05, 0.1) is 5.69 Å². The van der Waals surface area contributed by atoms with E-state index in [1.165, 1.54) is 0 Å². The number of rotatable bonds is 2. The molecule has 1 heteroatoms. The van der Waals surface area contributed by atoms with Crippen LogP contribution in [0.4, 0.5) is 0 Å². The number of hydrogen-bond acceptors (Lipinski definition) is 1. The van der Waals surface area contributed by atoms with E-state index in [0.29, 0.717) is 5.56 Å². The highest BCUT2D eigenvalue weighted by atomic mass is 14.7. The van der Waals surface area contributed by atoms with Crippen LogP contribution in [0.15, 0.2) is 48.7 Å². The average molecular weight is 227 g/mol. The molecule has 0 aliphatic rings. The Balaban J connectivity index is 2.35. The van der Waals surface area contributed by atoms with Crippen LogP contribution in [0.3, 0.4) is 0 Å². The summed E-state index contributed by atoms with van der Waals surface area (Å²) in [4.78, 5) is 4.30. The summed E-state index contributed by atoms with van der Waals surface area (Å²) in [6, 6.07) is 13.4. The highest BCUT2D eigenvalue weighted by Crippen LogP contribution is 2.23. The minimum Gasteiger partial charge on any atom is -0.256 e. The number of hydrogen-bond donors (Lipinski definition) is 0. The second-order valence-corrected chi connectivity index (χ2v) is 5.17. The first kappa shape index (κ1) is 9.41. The van der Waals surface area contributed by atoms with Crippen molar-refractivity contribution in [1.29, 1.82) is 0 Å². The molecule has 0 spiro atoms. The van der Waals surface area contributed by atoms with Gasteiger partial charge in [-0.15, -0.1) is 0 Å². The number of pyridine rings is 1. The monoisotopic (exact) mass is 227 g/mol. The third-order valence-corrected chi connectivity index (χ3v) is 2.36. The van der Waals surface area contributed by atoms with Crippen LogP contribution in [0.25, 0.3) is 11.3 Å². The van der Waals surface area contributed by atoms with E-state index in [1.54, 1.807) is 6.20 Å². The molecule has 2 aromatic rings. The second kappa shape index (κ2) is 4.70. The Morgan fingerprint density at radius 3 is 2.29 bits per heavy atom. The van der Waals surface area contributed by atoms with Gasteiger partial charge in [-0.1, -0.05) is 51.1 Å². The molecule has 0 saturated heterocycles. The lowest BCUT2D eigenvalue weighted by molar-refractivity contribution is 0.411. The Morgan fingerprint density at radius 2 is 1.76 bits per heavy atom. The Kier molecular flexibility index (Phi) is 2.60. The highest BCUT2D eigenvalue weighted by molar-refractivity contribution is 5.58. The maximum atomic E-state index is 8.24. The smallest absolute Gasteiger partial charge is 0.0701 e.